The number of carbonyl (C=O) groups is 1. The average Bonchev–Trinajstić information content (AvgIpc) is 3.42. The predicted molar refractivity (Wildman–Crippen MR) is 121 cm³/mol. The van der Waals surface area contributed by atoms with E-state index < -0.39 is 0 Å². The maximum absolute atomic E-state index is 12.7. The van der Waals surface area contributed by atoms with Crippen LogP contribution in [0.25, 0.3) is 11.5 Å². The molecule has 0 spiro atoms. The molecule has 0 saturated carbocycles. The highest BCUT2D eigenvalue weighted by atomic mass is 16.5. The van der Waals surface area contributed by atoms with Crippen LogP contribution in [0.5, 0.6) is 11.5 Å². The topological polar surface area (TPSA) is 108 Å². The number of hydrogen-bond donors (Lipinski definition) is 1. The van der Waals surface area contributed by atoms with Crippen LogP contribution >= 0.6 is 0 Å². The molecule has 0 fully saturated rings. The van der Waals surface area contributed by atoms with Crippen molar-refractivity contribution < 1.29 is 14.3 Å². The van der Waals surface area contributed by atoms with Crippen molar-refractivity contribution >= 4 is 17.4 Å². The van der Waals surface area contributed by atoms with Crippen molar-refractivity contribution in [2.24, 2.45) is 0 Å². The number of unbranched alkanes of at least 4 members (excludes halogenated alkanes) is 1. The Bertz CT molecular complexity index is 1330. The molecule has 0 bridgehead atoms. The van der Waals surface area contributed by atoms with Crippen LogP contribution in [0.4, 0.5) is 5.82 Å². The van der Waals surface area contributed by atoms with Crippen molar-refractivity contribution in [3.05, 3.63) is 53.5 Å². The Kier molecular flexibility index (Phi) is 5.41. The van der Waals surface area contributed by atoms with Gasteiger partial charge in [0.2, 0.25) is 5.91 Å². The summed E-state index contributed by atoms with van der Waals surface area (Å²) in [5.74, 6) is 2.94. The zero-order valence-corrected chi connectivity index (χ0v) is 18.8. The number of hydrogen-bond acceptors (Lipinski definition) is 7. The number of ether oxygens (including phenoxy) is 2. The molecule has 1 amide bonds. The highest BCUT2D eigenvalue weighted by Crippen LogP contribution is 2.40. The minimum absolute atomic E-state index is 0.0851. The van der Waals surface area contributed by atoms with Gasteiger partial charge in [0.25, 0.3) is 0 Å². The first kappa shape index (κ1) is 20.9. The van der Waals surface area contributed by atoms with Crippen LogP contribution in [-0.2, 0) is 4.79 Å². The molecule has 170 valence electrons. The van der Waals surface area contributed by atoms with E-state index in [9.17, 15) is 4.79 Å². The van der Waals surface area contributed by atoms with Crippen molar-refractivity contribution in [1.29, 1.82) is 0 Å². The lowest BCUT2D eigenvalue weighted by atomic mass is 9.87. The first-order valence-corrected chi connectivity index (χ1v) is 11.0. The van der Waals surface area contributed by atoms with Crippen molar-refractivity contribution in [2.45, 2.75) is 39.0 Å². The first-order valence-electron chi connectivity index (χ1n) is 11.0. The fourth-order valence-electron chi connectivity index (χ4n) is 4.04. The number of rotatable bonds is 7. The quantitative estimate of drug-likeness (QED) is 0.433. The van der Waals surface area contributed by atoms with Gasteiger partial charge in [0.15, 0.2) is 28.8 Å². The van der Waals surface area contributed by atoms with Gasteiger partial charge >= 0.3 is 0 Å². The molecule has 33 heavy (non-hydrogen) atoms. The molecule has 3 aromatic heterocycles. The van der Waals surface area contributed by atoms with Crippen LogP contribution in [0.2, 0.25) is 0 Å². The van der Waals surface area contributed by atoms with Crippen molar-refractivity contribution in [2.75, 3.05) is 19.0 Å². The number of benzene rings is 1. The summed E-state index contributed by atoms with van der Waals surface area (Å²) in [7, 11) is 1.62. The van der Waals surface area contributed by atoms with Crippen LogP contribution in [0, 0.1) is 6.92 Å². The second kappa shape index (κ2) is 8.53. The highest BCUT2D eigenvalue weighted by molar-refractivity contribution is 5.94. The van der Waals surface area contributed by atoms with E-state index in [1.807, 2.05) is 31.2 Å². The number of aromatic nitrogens is 6. The van der Waals surface area contributed by atoms with E-state index in [-0.39, 0.29) is 11.8 Å². The molecule has 1 N–H and O–H groups in total. The van der Waals surface area contributed by atoms with Gasteiger partial charge < -0.3 is 14.8 Å². The molecule has 0 saturated heterocycles. The Morgan fingerprint density at radius 2 is 2.06 bits per heavy atom. The van der Waals surface area contributed by atoms with Crippen LogP contribution in [0.15, 0.2) is 36.5 Å². The highest BCUT2D eigenvalue weighted by Gasteiger charge is 2.31. The summed E-state index contributed by atoms with van der Waals surface area (Å²) in [5, 5.41) is 20.2. The number of carbonyl (C=O) groups excluding carboxylic acids is 1. The zero-order chi connectivity index (χ0) is 22.9. The Morgan fingerprint density at radius 3 is 2.88 bits per heavy atom. The lowest BCUT2D eigenvalue weighted by Crippen LogP contribution is -2.25. The molecule has 10 heteroatoms. The van der Waals surface area contributed by atoms with E-state index >= 15 is 0 Å². The molecule has 0 unspecified atom stereocenters. The van der Waals surface area contributed by atoms with Gasteiger partial charge in [-0.2, -0.15) is 14.3 Å². The van der Waals surface area contributed by atoms with Gasteiger partial charge in [0.05, 0.1) is 19.9 Å². The Balaban J connectivity index is 1.51. The van der Waals surface area contributed by atoms with Crippen molar-refractivity contribution in [3.63, 3.8) is 0 Å². The normalized spacial score (nSPS) is 15.4. The summed E-state index contributed by atoms with van der Waals surface area (Å²) in [4.78, 5) is 12.7. The maximum atomic E-state index is 12.7. The summed E-state index contributed by atoms with van der Waals surface area (Å²) in [5.41, 5.74) is 2.52. The van der Waals surface area contributed by atoms with E-state index in [0.29, 0.717) is 47.6 Å². The second-order valence-corrected chi connectivity index (χ2v) is 7.99. The molecule has 1 aliphatic heterocycles. The molecular weight excluding hydrogens is 422 g/mol. The summed E-state index contributed by atoms with van der Waals surface area (Å²) < 4.78 is 14.7. The maximum Gasteiger partial charge on any atom is 0.226 e. The van der Waals surface area contributed by atoms with E-state index in [4.69, 9.17) is 9.47 Å². The van der Waals surface area contributed by atoms with Crippen molar-refractivity contribution in [3.8, 4) is 17.3 Å². The summed E-state index contributed by atoms with van der Waals surface area (Å²) in [6.07, 6.45) is 4.13. The lowest BCUT2D eigenvalue weighted by Gasteiger charge is -2.24. The third-order valence-corrected chi connectivity index (χ3v) is 5.79. The fourth-order valence-corrected chi connectivity index (χ4v) is 4.04. The first-order chi connectivity index (χ1) is 16.1. The van der Waals surface area contributed by atoms with Gasteiger partial charge in [-0.3, -0.25) is 4.79 Å². The zero-order valence-electron chi connectivity index (χ0n) is 18.8. The third-order valence-electron chi connectivity index (χ3n) is 5.79. The summed E-state index contributed by atoms with van der Waals surface area (Å²) >= 11 is 0. The van der Waals surface area contributed by atoms with Crippen LogP contribution in [-0.4, -0.2) is 49.2 Å². The average molecular weight is 447 g/mol. The van der Waals surface area contributed by atoms with Crippen LogP contribution < -0.4 is 14.8 Å². The third kappa shape index (κ3) is 3.77. The molecule has 0 radical (unpaired) electrons. The van der Waals surface area contributed by atoms with E-state index in [2.05, 4.69) is 32.6 Å². The molecule has 1 aromatic carbocycles. The molecule has 5 rings (SSSR count). The monoisotopic (exact) mass is 447 g/mol. The Hall–Kier alpha value is -3.95. The Labute approximate surface area is 190 Å². The standard InChI is InChI=1S/C23H25N7O3/c1-4-5-10-33-18-7-6-15(11-19(18)32-3)16-12-22(31)25-23-17(16)13-24-30(23)21-9-8-20-27-26-14(2)29(20)28-21/h6-9,11,13,16H,4-5,10,12H2,1-3H3,(H,25,31)/t16-/m0/s1. The number of amides is 1. The van der Waals surface area contributed by atoms with Gasteiger partial charge in [-0.1, -0.05) is 19.4 Å². The summed E-state index contributed by atoms with van der Waals surface area (Å²) in [6, 6.07) is 9.46. The number of anilines is 1. The van der Waals surface area contributed by atoms with Crippen molar-refractivity contribution in [1.82, 2.24) is 29.6 Å². The number of aryl methyl sites for hydroxylation is 1. The molecular formula is C23H25N7O3. The molecule has 4 aromatic rings. The molecule has 1 atom stereocenters. The number of methoxy groups -OCH3 is 1. The van der Waals surface area contributed by atoms with E-state index in [1.54, 1.807) is 28.6 Å². The van der Waals surface area contributed by atoms with Gasteiger partial charge in [0, 0.05) is 17.9 Å². The van der Waals surface area contributed by atoms with Crippen LogP contribution in [0.1, 0.15) is 49.1 Å². The van der Waals surface area contributed by atoms with Gasteiger partial charge in [-0.15, -0.1) is 15.3 Å². The lowest BCUT2D eigenvalue weighted by molar-refractivity contribution is -0.116. The minimum Gasteiger partial charge on any atom is -0.493 e. The fraction of sp³-hybridized carbons (Fsp3) is 0.348. The number of nitrogens with one attached hydrogen (secondary N) is 1. The predicted octanol–water partition coefficient (Wildman–Crippen LogP) is 3.28. The van der Waals surface area contributed by atoms with Gasteiger partial charge in [-0.05, 0) is 43.2 Å². The molecule has 1 aliphatic rings. The molecule has 0 aliphatic carbocycles. The van der Waals surface area contributed by atoms with Crippen LogP contribution in [0.3, 0.4) is 0 Å². The molecule has 10 nitrogen and oxygen atoms in total. The number of nitrogens with zero attached hydrogens (tertiary/aromatic N) is 6. The largest absolute Gasteiger partial charge is 0.493 e. The minimum atomic E-state index is -0.165. The second-order valence-electron chi connectivity index (χ2n) is 7.99. The van der Waals surface area contributed by atoms with Gasteiger partial charge in [-0.25, -0.2) is 0 Å². The number of fused-ring (bicyclic) bond motifs is 2. The van der Waals surface area contributed by atoms with E-state index in [0.717, 1.165) is 24.0 Å². The summed E-state index contributed by atoms with van der Waals surface area (Å²) in [6.45, 7) is 4.59. The SMILES string of the molecule is CCCCOc1ccc([C@@H]2CC(=O)Nc3c2cnn3-c2ccc3nnc(C)n3n2)cc1OC. The smallest absolute Gasteiger partial charge is 0.226 e. The van der Waals surface area contributed by atoms with Gasteiger partial charge in [0.1, 0.15) is 5.82 Å². The van der Waals surface area contributed by atoms with E-state index in [1.165, 1.54) is 0 Å². The Morgan fingerprint density at radius 1 is 1.18 bits per heavy atom. The molecule has 4 heterocycles.